The molecule has 0 radical (unpaired) electrons. The van der Waals surface area contributed by atoms with Crippen LogP contribution in [0, 0.1) is 6.92 Å². The zero-order valence-electron chi connectivity index (χ0n) is 17.0. The van der Waals surface area contributed by atoms with Gasteiger partial charge in [-0.3, -0.25) is 9.89 Å². The molecule has 1 atom stereocenters. The van der Waals surface area contributed by atoms with Crippen LogP contribution in [0.4, 0.5) is 0 Å². The van der Waals surface area contributed by atoms with E-state index in [9.17, 15) is 0 Å². The zero-order chi connectivity index (χ0) is 18.9. The monoisotopic (exact) mass is 356 g/mol. The molecule has 1 unspecified atom stereocenters. The van der Waals surface area contributed by atoms with Gasteiger partial charge in [-0.25, -0.2) is 0 Å². The van der Waals surface area contributed by atoms with E-state index >= 15 is 0 Å². The van der Waals surface area contributed by atoms with Crippen molar-refractivity contribution >= 4 is 5.96 Å². The van der Waals surface area contributed by atoms with E-state index in [-0.39, 0.29) is 0 Å². The quantitative estimate of drug-likeness (QED) is 0.445. The summed E-state index contributed by atoms with van der Waals surface area (Å²) < 4.78 is 0. The normalized spacial score (nSPS) is 17.8. The summed E-state index contributed by atoms with van der Waals surface area (Å²) in [4.78, 5) is 7.34. The molecule has 2 N–H and O–H groups in total. The number of piperidine rings is 1. The van der Waals surface area contributed by atoms with E-state index < -0.39 is 0 Å². The molecular weight excluding hydrogens is 320 g/mol. The fraction of sp³-hybridized carbons (Fsp3) is 0.591. The highest BCUT2D eigenvalue weighted by molar-refractivity contribution is 5.80. The molecule has 0 spiro atoms. The van der Waals surface area contributed by atoms with E-state index in [4.69, 9.17) is 4.99 Å². The van der Waals surface area contributed by atoms with Crippen molar-refractivity contribution in [2.75, 3.05) is 32.7 Å². The average molecular weight is 357 g/mol. The molecule has 1 fully saturated rings. The fourth-order valence-corrected chi connectivity index (χ4v) is 3.44. The molecule has 1 saturated heterocycles. The second-order valence-electron chi connectivity index (χ2n) is 7.69. The van der Waals surface area contributed by atoms with Crippen molar-refractivity contribution in [2.24, 2.45) is 4.99 Å². The maximum Gasteiger partial charge on any atom is 0.191 e. The predicted molar refractivity (Wildman–Crippen MR) is 113 cm³/mol. The minimum absolute atomic E-state index is 0.419. The second-order valence-corrected chi connectivity index (χ2v) is 7.69. The highest BCUT2D eigenvalue weighted by Crippen LogP contribution is 2.17. The summed E-state index contributed by atoms with van der Waals surface area (Å²) in [5, 5.41) is 7.04. The largest absolute Gasteiger partial charge is 0.357 e. The Labute approximate surface area is 159 Å². The van der Waals surface area contributed by atoms with E-state index in [1.54, 1.807) is 0 Å². The van der Waals surface area contributed by atoms with Gasteiger partial charge in [0.1, 0.15) is 0 Å². The Bertz CT molecular complexity index is 600. The standard InChI is InChI=1S/C22H36N4/c1-6-23-22(24-15-19(5)20-9-7-8-18(4)14-20)25-21-10-12-26(13-11-21)16-17(2)3/h7-9,14,19,21H,2,6,10-13,15-16H2,1,3-5H3,(H2,23,24,25). The Morgan fingerprint density at radius 2 is 2.08 bits per heavy atom. The molecule has 0 bridgehead atoms. The lowest BCUT2D eigenvalue weighted by Gasteiger charge is -2.33. The van der Waals surface area contributed by atoms with E-state index in [0.29, 0.717) is 12.0 Å². The SMILES string of the molecule is C=C(C)CN1CCC(NC(=NCC(C)c2cccc(C)c2)NCC)CC1. The van der Waals surface area contributed by atoms with Crippen LogP contribution >= 0.6 is 0 Å². The molecule has 144 valence electrons. The lowest BCUT2D eigenvalue weighted by atomic mass is 10.00. The summed E-state index contributed by atoms with van der Waals surface area (Å²) in [5.41, 5.74) is 3.92. The van der Waals surface area contributed by atoms with E-state index in [2.05, 4.69) is 74.1 Å². The number of benzene rings is 1. The van der Waals surface area contributed by atoms with Gasteiger partial charge in [0, 0.05) is 44.7 Å². The third kappa shape index (κ3) is 6.83. The van der Waals surface area contributed by atoms with Gasteiger partial charge in [-0.15, -0.1) is 0 Å². The summed E-state index contributed by atoms with van der Waals surface area (Å²) in [6.45, 7) is 17.6. The van der Waals surface area contributed by atoms with Gasteiger partial charge >= 0.3 is 0 Å². The minimum Gasteiger partial charge on any atom is -0.357 e. The number of nitrogens with zero attached hydrogens (tertiary/aromatic N) is 2. The smallest absolute Gasteiger partial charge is 0.191 e. The van der Waals surface area contributed by atoms with Gasteiger partial charge in [0.05, 0.1) is 0 Å². The Balaban J connectivity index is 1.87. The van der Waals surface area contributed by atoms with Crippen molar-refractivity contribution in [3.63, 3.8) is 0 Å². The van der Waals surface area contributed by atoms with Crippen LogP contribution in [0.1, 0.15) is 50.7 Å². The Morgan fingerprint density at radius 1 is 1.35 bits per heavy atom. The van der Waals surface area contributed by atoms with Crippen LogP contribution < -0.4 is 10.6 Å². The third-order valence-corrected chi connectivity index (χ3v) is 4.90. The van der Waals surface area contributed by atoms with Crippen LogP contribution in [0.15, 0.2) is 41.4 Å². The number of aliphatic imine (C=N–C) groups is 1. The maximum atomic E-state index is 4.85. The first-order chi connectivity index (χ1) is 12.5. The minimum atomic E-state index is 0.419. The average Bonchev–Trinajstić information content (AvgIpc) is 2.61. The molecule has 1 aliphatic rings. The molecule has 0 aromatic heterocycles. The van der Waals surface area contributed by atoms with Crippen LogP contribution in [0.2, 0.25) is 0 Å². The molecule has 0 saturated carbocycles. The van der Waals surface area contributed by atoms with E-state index in [0.717, 1.165) is 51.5 Å². The molecule has 2 rings (SSSR count). The molecule has 1 aromatic carbocycles. The summed E-state index contributed by atoms with van der Waals surface area (Å²) in [6.07, 6.45) is 2.32. The Kier molecular flexibility index (Phi) is 8.17. The molecule has 4 nitrogen and oxygen atoms in total. The number of rotatable bonds is 7. The van der Waals surface area contributed by atoms with Gasteiger partial charge in [0.15, 0.2) is 5.96 Å². The summed E-state index contributed by atoms with van der Waals surface area (Å²) in [5.74, 6) is 1.37. The van der Waals surface area contributed by atoms with Gasteiger partial charge in [0.25, 0.3) is 0 Å². The van der Waals surface area contributed by atoms with Crippen molar-refractivity contribution in [3.05, 3.63) is 47.5 Å². The molecule has 4 heteroatoms. The lowest BCUT2D eigenvalue weighted by molar-refractivity contribution is 0.221. The number of likely N-dealkylation sites (tertiary alicyclic amines) is 1. The molecule has 1 aliphatic heterocycles. The van der Waals surface area contributed by atoms with Gasteiger partial charge in [-0.1, -0.05) is 48.9 Å². The first-order valence-electron chi connectivity index (χ1n) is 9.96. The van der Waals surface area contributed by atoms with Crippen molar-refractivity contribution in [1.82, 2.24) is 15.5 Å². The number of hydrogen-bond donors (Lipinski definition) is 2. The van der Waals surface area contributed by atoms with Gasteiger partial charge in [0.2, 0.25) is 0 Å². The number of aryl methyl sites for hydroxylation is 1. The maximum absolute atomic E-state index is 4.85. The fourth-order valence-electron chi connectivity index (χ4n) is 3.44. The third-order valence-electron chi connectivity index (χ3n) is 4.90. The molecule has 1 aromatic rings. The van der Waals surface area contributed by atoms with Crippen LogP contribution in [0.5, 0.6) is 0 Å². The lowest BCUT2D eigenvalue weighted by Crippen LogP contribution is -2.49. The van der Waals surface area contributed by atoms with Crippen LogP contribution in [0.3, 0.4) is 0 Å². The van der Waals surface area contributed by atoms with Crippen LogP contribution in [0.25, 0.3) is 0 Å². The number of guanidine groups is 1. The van der Waals surface area contributed by atoms with E-state index in [1.165, 1.54) is 16.7 Å². The number of nitrogens with one attached hydrogen (secondary N) is 2. The molecule has 1 heterocycles. The van der Waals surface area contributed by atoms with Gasteiger partial charge < -0.3 is 10.6 Å². The summed E-state index contributed by atoms with van der Waals surface area (Å²) in [6, 6.07) is 9.24. The van der Waals surface area contributed by atoms with Gasteiger partial charge in [-0.2, -0.15) is 0 Å². The van der Waals surface area contributed by atoms with Crippen molar-refractivity contribution in [2.45, 2.75) is 52.5 Å². The van der Waals surface area contributed by atoms with Gasteiger partial charge in [-0.05, 0) is 39.2 Å². The predicted octanol–water partition coefficient (Wildman–Crippen LogP) is 3.69. The highest BCUT2D eigenvalue weighted by Gasteiger charge is 2.19. The number of hydrogen-bond acceptors (Lipinski definition) is 2. The first kappa shape index (κ1) is 20.5. The highest BCUT2D eigenvalue weighted by atomic mass is 15.2. The molecule has 26 heavy (non-hydrogen) atoms. The zero-order valence-corrected chi connectivity index (χ0v) is 17.0. The van der Waals surface area contributed by atoms with Crippen molar-refractivity contribution in [1.29, 1.82) is 0 Å². The topological polar surface area (TPSA) is 39.7 Å². The summed E-state index contributed by atoms with van der Waals surface area (Å²) in [7, 11) is 0. The molecule has 0 amide bonds. The molecule has 0 aliphatic carbocycles. The Morgan fingerprint density at radius 3 is 2.69 bits per heavy atom. The Hall–Kier alpha value is -1.81. The van der Waals surface area contributed by atoms with Crippen LogP contribution in [-0.4, -0.2) is 49.6 Å². The van der Waals surface area contributed by atoms with Crippen LogP contribution in [-0.2, 0) is 0 Å². The van der Waals surface area contributed by atoms with Crippen molar-refractivity contribution < 1.29 is 0 Å². The van der Waals surface area contributed by atoms with E-state index in [1.807, 2.05) is 0 Å². The first-order valence-corrected chi connectivity index (χ1v) is 9.96. The summed E-state index contributed by atoms with van der Waals surface area (Å²) >= 11 is 0. The molecular formula is C22H36N4. The second kappa shape index (κ2) is 10.4. The van der Waals surface area contributed by atoms with Crippen molar-refractivity contribution in [3.8, 4) is 0 Å².